The van der Waals surface area contributed by atoms with Gasteiger partial charge in [-0.15, -0.1) is 0 Å². The second-order valence-corrected chi connectivity index (χ2v) is 5.00. The van der Waals surface area contributed by atoms with E-state index in [9.17, 15) is 4.39 Å². The molecule has 1 aromatic carbocycles. The Kier molecular flexibility index (Phi) is 4.46. The van der Waals surface area contributed by atoms with Crippen LogP contribution in [0.1, 0.15) is 11.3 Å². The molecule has 0 aliphatic rings. The van der Waals surface area contributed by atoms with E-state index in [-0.39, 0.29) is 5.82 Å². The predicted octanol–water partition coefficient (Wildman–Crippen LogP) is 3.31. The van der Waals surface area contributed by atoms with Gasteiger partial charge in [0.25, 0.3) is 0 Å². The predicted molar refractivity (Wildman–Crippen MR) is 85.1 cm³/mol. The molecule has 0 spiro atoms. The average Bonchev–Trinajstić information content (AvgIpc) is 2.95. The summed E-state index contributed by atoms with van der Waals surface area (Å²) in [6.07, 6.45) is 2.02. The van der Waals surface area contributed by atoms with E-state index in [1.165, 1.54) is 12.4 Å². The molecule has 0 aliphatic carbocycles. The normalized spacial score (nSPS) is 10.5. The van der Waals surface area contributed by atoms with Crippen LogP contribution in [0.5, 0.6) is 0 Å². The summed E-state index contributed by atoms with van der Waals surface area (Å²) in [6.45, 7) is 2.38. The van der Waals surface area contributed by atoms with E-state index in [1.54, 1.807) is 24.3 Å². The van der Waals surface area contributed by atoms with Crippen molar-refractivity contribution in [3.63, 3.8) is 0 Å². The molecule has 2 heterocycles. The Morgan fingerprint density at radius 2 is 1.91 bits per heavy atom. The molecule has 7 heteroatoms. The Balaban J connectivity index is 1.58. The van der Waals surface area contributed by atoms with Gasteiger partial charge in [-0.1, -0.05) is 23.4 Å². The highest BCUT2D eigenvalue weighted by atomic mass is 19.1. The SMILES string of the molecule is Cc1cc(Nc2cc(NCCc3ccccc3F)ncn2)no1. The van der Waals surface area contributed by atoms with E-state index in [0.29, 0.717) is 41.7 Å². The molecule has 23 heavy (non-hydrogen) atoms. The van der Waals surface area contributed by atoms with Gasteiger partial charge in [-0.2, -0.15) is 0 Å². The summed E-state index contributed by atoms with van der Waals surface area (Å²) in [5.74, 6) is 2.35. The fourth-order valence-corrected chi connectivity index (χ4v) is 2.11. The van der Waals surface area contributed by atoms with Crippen molar-refractivity contribution >= 4 is 17.5 Å². The lowest BCUT2D eigenvalue weighted by atomic mass is 10.1. The molecule has 6 nitrogen and oxygen atoms in total. The van der Waals surface area contributed by atoms with Crippen LogP contribution in [0.15, 0.2) is 47.2 Å². The van der Waals surface area contributed by atoms with Crippen LogP contribution in [0, 0.1) is 12.7 Å². The van der Waals surface area contributed by atoms with E-state index in [1.807, 2.05) is 13.0 Å². The standard InChI is InChI=1S/C16H16FN5O/c1-11-8-16(22-23-11)21-15-9-14(19-10-20-15)18-7-6-12-4-2-3-5-13(12)17/h2-5,8-10H,6-7H2,1H3,(H2,18,19,20,21,22). The van der Waals surface area contributed by atoms with Gasteiger partial charge in [0.05, 0.1) is 0 Å². The number of aryl methyl sites for hydroxylation is 1. The molecule has 3 aromatic rings. The lowest BCUT2D eigenvalue weighted by Gasteiger charge is -2.07. The monoisotopic (exact) mass is 313 g/mol. The third-order valence-electron chi connectivity index (χ3n) is 3.21. The van der Waals surface area contributed by atoms with Gasteiger partial charge >= 0.3 is 0 Å². The Morgan fingerprint density at radius 1 is 1.09 bits per heavy atom. The quantitative estimate of drug-likeness (QED) is 0.727. The van der Waals surface area contributed by atoms with Gasteiger partial charge in [0.1, 0.15) is 29.5 Å². The highest BCUT2D eigenvalue weighted by molar-refractivity contribution is 5.55. The maximum atomic E-state index is 13.5. The number of benzene rings is 1. The molecule has 0 radical (unpaired) electrons. The molecular weight excluding hydrogens is 297 g/mol. The van der Waals surface area contributed by atoms with Crippen LogP contribution in [0.2, 0.25) is 0 Å². The maximum Gasteiger partial charge on any atom is 0.175 e. The number of aromatic nitrogens is 3. The lowest BCUT2D eigenvalue weighted by Crippen LogP contribution is -2.08. The highest BCUT2D eigenvalue weighted by Gasteiger charge is 2.04. The van der Waals surface area contributed by atoms with Gasteiger partial charge in [-0.25, -0.2) is 14.4 Å². The van der Waals surface area contributed by atoms with E-state index in [0.717, 1.165) is 0 Å². The van der Waals surface area contributed by atoms with Gasteiger partial charge in [0, 0.05) is 18.7 Å². The molecule has 0 amide bonds. The summed E-state index contributed by atoms with van der Waals surface area (Å²) in [4.78, 5) is 8.26. The zero-order chi connectivity index (χ0) is 16.1. The van der Waals surface area contributed by atoms with Crippen LogP contribution in [-0.4, -0.2) is 21.7 Å². The van der Waals surface area contributed by atoms with E-state index < -0.39 is 0 Å². The third kappa shape index (κ3) is 4.03. The van der Waals surface area contributed by atoms with Crippen LogP contribution in [-0.2, 0) is 6.42 Å². The number of nitrogens with zero attached hydrogens (tertiary/aromatic N) is 3. The molecule has 2 aromatic heterocycles. The minimum Gasteiger partial charge on any atom is -0.370 e. The van der Waals surface area contributed by atoms with Gasteiger partial charge in [0.2, 0.25) is 0 Å². The Labute approximate surface area is 132 Å². The molecule has 0 fully saturated rings. The topological polar surface area (TPSA) is 75.9 Å². The first-order valence-electron chi connectivity index (χ1n) is 7.20. The smallest absolute Gasteiger partial charge is 0.175 e. The fraction of sp³-hybridized carbons (Fsp3) is 0.188. The van der Waals surface area contributed by atoms with Crippen LogP contribution in [0.25, 0.3) is 0 Å². The molecule has 118 valence electrons. The third-order valence-corrected chi connectivity index (χ3v) is 3.21. The van der Waals surface area contributed by atoms with Crippen molar-refractivity contribution in [2.45, 2.75) is 13.3 Å². The molecule has 0 saturated heterocycles. The minimum atomic E-state index is -0.194. The van der Waals surface area contributed by atoms with Crippen molar-refractivity contribution in [3.8, 4) is 0 Å². The first-order valence-corrected chi connectivity index (χ1v) is 7.20. The Hall–Kier alpha value is -2.96. The van der Waals surface area contributed by atoms with Crippen LogP contribution in [0.4, 0.5) is 21.8 Å². The zero-order valence-electron chi connectivity index (χ0n) is 12.6. The molecule has 0 saturated carbocycles. The molecule has 2 N–H and O–H groups in total. The lowest BCUT2D eigenvalue weighted by molar-refractivity contribution is 0.400. The van der Waals surface area contributed by atoms with Crippen molar-refractivity contribution in [2.24, 2.45) is 0 Å². The Bertz CT molecular complexity index is 789. The highest BCUT2D eigenvalue weighted by Crippen LogP contribution is 2.16. The Morgan fingerprint density at radius 3 is 2.70 bits per heavy atom. The number of nitrogens with one attached hydrogen (secondary N) is 2. The van der Waals surface area contributed by atoms with Gasteiger partial charge in [-0.05, 0) is 25.0 Å². The molecule has 3 rings (SSSR count). The van der Waals surface area contributed by atoms with Crippen LogP contribution in [0.3, 0.4) is 0 Å². The number of halogens is 1. The summed E-state index contributed by atoms with van der Waals surface area (Å²) in [6, 6.07) is 10.3. The minimum absolute atomic E-state index is 0.194. The number of anilines is 3. The van der Waals surface area contributed by atoms with Crippen LogP contribution >= 0.6 is 0 Å². The second-order valence-electron chi connectivity index (χ2n) is 5.00. The van der Waals surface area contributed by atoms with Gasteiger partial charge in [0.15, 0.2) is 5.82 Å². The van der Waals surface area contributed by atoms with E-state index in [4.69, 9.17) is 4.52 Å². The fourth-order valence-electron chi connectivity index (χ4n) is 2.11. The maximum absolute atomic E-state index is 13.5. The number of hydrogen-bond acceptors (Lipinski definition) is 6. The summed E-state index contributed by atoms with van der Waals surface area (Å²) in [5.41, 5.74) is 0.672. The van der Waals surface area contributed by atoms with Crippen molar-refractivity contribution in [2.75, 3.05) is 17.2 Å². The van der Waals surface area contributed by atoms with Crippen molar-refractivity contribution in [3.05, 3.63) is 59.9 Å². The summed E-state index contributed by atoms with van der Waals surface area (Å²) in [7, 11) is 0. The summed E-state index contributed by atoms with van der Waals surface area (Å²) < 4.78 is 18.5. The number of hydrogen-bond donors (Lipinski definition) is 2. The molecule has 0 atom stereocenters. The van der Waals surface area contributed by atoms with Crippen molar-refractivity contribution in [1.82, 2.24) is 15.1 Å². The van der Waals surface area contributed by atoms with E-state index >= 15 is 0 Å². The van der Waals surface area contributed by atoms with Crippen molar-refractivity contribution < 1.29 is 8.91 Å². The number of rotatable bonds is 6. The molecule has 0 unspecified atom stereocenters. The van der Waals surface area contributed by atoms with Gasteiger partial charge in [-0.3, -0.25) is 0 Å². The summed E-state index contributed by atoms with van der Waals surface area (Å²) in [5, 5.41) is 10.0. The largest absolute Gasteiger partial charge is 0.370 e. The van der Waals surface area contributed by atoms with Crippen LogP contribution < -0.4 is 10.6 Å². The zero-order valence-corrected chi connectivity index (χ0v) is 12.6. The summed E-state index contributed by atoms with van der Waals surface area (Å²) >= 11 is 0. The average molecular weight is 313 g/mol. The first-order chi connectivity index (χ1) is 11.2. The molecule has 0 aliphatic heterocycles. The van der Waals surface area contributed by atoms with E-state index in [2.05, 4.69) is 25.8 Å². The first kappa shape index (κ1) is 15.0. The second kappa shape index (κ2) is 6.87. The van der Waals surface area contributed by atoms with Gasteiger partial charge < -0.3 is 15.2 Å². The molecular formula is C16H16FN5O. The molecule has 0 bridgehead atoms. The van der Waals surface area contributed by atoms with Crippen molar-refractivity contribution in [1.29, 1.82) is 0 Å².